The van der Waals surface area contributed by atoms with Crippen molar-refractivity contribution in [1.29, 1.82) is 0 Å². The minimum atomic E-state index is -3.21. The quantitative estimate of drug-likeness (QED) is 0.807. The predicted molar refractivity (Wildman–Crippen MR) is 78.7 cm³/mol. The summed E-state index contributed by atoms with van der Waals surface area (Å²) < 4.78 is 22.7. The third kappa shape index (κ3) is 3.72. The Morgan fingerprint density at radius 3 is 2.05 bits per heavy atom. The zero-order valence-corrected chi connectivity index (χ0v) is 12.8. The molecular formula is C14H21NO4S. The van der Waals surface area contributed by atoms with Crippen molar-refractivity contribution in [2.45, 2.75) is 31.6 Å². The van der Waals surface area contributed by atoms with Gasteiger partial charge in [0.15, 0.2) is 9.84 Å². The first-order valence-corrected chi connectivity index (χ1v) is 8.41. The summed E-state index contributed by atoms with van der Waals surface area (Å²) in [5, 5.41) is 12.4. The van der Waals surface area contributed by atoms with Gasteiger partial charge in [0.25, 0.3) is 0 Å². The van der Waals surface area contributed by atoms with E-state index in [9.17, 15) is 18.3 Å². The Bertz CT molecular complexity index is 559. The van der Waals surface area contributed by atoms with Crippen molar-refractivity contribution in [2.75, 3.05) is 18.1 Å². The number of hydrogen-bond acceptors (Lipinski definition) is 4. The summed E-state index contributed by atoms with van der Waals surface area (Å²) in [6.07, 6.45) is 2.22. The molecule has 1 aromatic rings. The largest absolute Gasteiger partial charge is 0.481 e. The molecule has 0 aliphatic heterocycles. The van der Waals surface area contributed by atoms with Crippen LogP contribution in [0.4, 0.5) is 5.69 Å². The van der Waals surface area contributed by atoms with Crippen LogP contribution in [0.5, 0.6) is 0 Å². The SMILES string of the molecule is CCC(CC)(CNc1ccc(S(C)(=O)=O)cc1)C(=O)O. The van der Waals surface area contributed by atoms with Gasteiger partial charge in [-0.1, -0.05) is 13.8 Å². The Labute approximate surface area is 119 Å². The van der Waals surface area contributed by atoms with Crippen LogP contribution in [0, 0.1) is 5.41 Å². The number of carboxylic acid groups (broad SMARTS) is 1. The van der Waals surface area contributed by atoms with Gasteiger partial charge in [0.2, 0.25) is 0 Å². The molecule has 5 nitrogen and oxygen atoms in total. The van der Waals surface area contributed by atoms with Crippen molar-refractivity contribution in [1.82, 2.24) is 0 Å². The van der Waals surface area contributed by atoms with Crippen molar-refractivity contribution in [3.05, 3.63) is 24.3 Å². The first kappa shape index (κ1) is 16.5. The molecule has 0 aliphatic carbocycles. The topological polar surface area (TPSA) is 83.5 Å². The van der Waals surface area contributed by atoms with Crippen molar-refractivity contribution in [2.24, 2.45) is 5.41 Å². The maximum atomic E-state index is 11.4. The molecule has 0 unspecified atom stereocenters. The number of benzene rings is 1. The maximum absolute atomic E-state index is 11.4. The molecule has 2 N–H and O–H groups in total. The molecule has 112 valence electrons. The van der Waals surface area contributed by atoms with Crippen molar-refractivity contribution >= 4 is 21.5 Å². The van der Waals surface area contributed by atoms with E-state index in [1.165, 1.54) is 12.1 Å². The third-order valence-corrected chi connectivity index (χ3v) is 4.85. The van der Waals surface area contributed by atoms with E-state index in [1.54, 1.807) is 12.1 Å². The van der Waals surface area contributed by atoms with Gasteiger partial charge >= 0.3 is 5.97 Å². The van der Waals surface area contributed by atoms with Crippen LogP contribution < -0.4 is 5.32 Å². The third-order valence-electron chi connectivity index (χ3n) is 3.72. The van der Waals surface area contributed by atoms with E-state index in [2.05, 4.69) is 5.32 Å². The average molecular weight is 299 g/mol. The molecule has 0 radical (unpaired) electrons. The lowest BCUT2D eigenvalue weighted by atomic mass is 9.82. The van der Waals surface area contributed by atoms with Gasteiger partial charge in [-0.3, -0.25) is 4.79 Å². The minimum absolute atomic E-state index is 0.249. The summed E-state index contributed by atoms with van der Waals surface area (Å²) in [6.45, 7) is 4.02. The van der Waals surface area contributed by atoms with Gasteiger partial charge in [-0.15, -0.1) is 0 Å². The molecule has 1 rings (SSSR count). The van der Waals surface area contributed by atoms with Crippen molar-refractivity contribution in [3.8, 4) is 0 Å². The fourth-order valence-electron chi connectivity index (χ4n) is 1.97. The first-order valence-electron chi connectivity index (χ1n) is 6.52. The molecule has 0 bridgehead atoms. The predicted octanol–water partition coefficient (Wildman–Crippen LogP) is 2.39. The molecule has 1 aromatic carbocycles. The van der Waals surface area contributed by atoms with Crippen LogP contribution in [-0.2, 0) is 14.6 Å². The molecule has 0 atom stereocenters. The number of carboxylic acids is 1. The number of hydrogen-bond donors (Lipinski definition) is 2. The molecule has 0 fully saturated rings. The van der Waals surface area contributed by atoms with Crippen LogP contribution in [0.1, 0.15) is 26.7 Å². The second-order valence-corrected chi connectivity index (χ2v) is 6.96. The summed E-state index contributed by atoms with van der Waals surface area (Å²) >= 11 is 0. The number of nitrogens with one attached hydrogen (secondary N) is 1. The van der Waals surface area contributed by atoms with Gasteiger partial charge in [0, 0.05) is 18.5 Å². The molecule has 0 saturated heterocycles. The van der Waals surface area contributed by atoms with Gasteiger partial charge in [-0.2, -0.15) is 0 Å². The highest BCUT2D eigenvalue weighted by Crippen LogP contribution is 2.27. The van der Waals surface area contributed by atoms with E-state index in [-0.39, 0.29) is 4.90 Å². The van der Waals surface area contributed by atoms with Crippen LogP contribution in [0.2, 0.25) is 0 Å². The van der Waals surface area contributed by atoms with Gasteiger partial charge in [-0.05, 0) is 37.1 Å². The second kappa shape index (κ2) is 6.26. The van der Waals surface area contributed by atoms with E-state index in [0.29, 0.717) is 25.1 Å². The maximum Gasteiger partial charge on any atom is 0.311 e. The minimum Gasteiger partial charge on any atom is -0.481 e. The highest BCUT2D eigenvalue weighted by atomic mass is 32.2. The van der Waals surface area contributed by atoms with Crippen molar-refractivity contribution in [3.63, 3.8) is 0 Å². The molecule has 0 spiro atoms. The summed E-state index contributed by atoms with van der Waals surface area (Å²) in [7, 11) is -3.21. The monoisotopic (exact) mass is 299 g/mol. The fourth-order valence-corrected chi connectivity index (χ4v) is 2.60. The van der Waals surface area contributed by atoms with Crippen molar-refractivity contribution < 1.29 is 18.3 Å². The molecule has 0 amide bonds. The summed E-state index contributed by atoms with van der Waals surface area (Å²) in [5.41, 5.74) is -0.0832. The summed E-state index contributed by atoms with van der Waals surface area (Å²) in [5.74, 6) is -0.817. The number of rotatable bonds is 7. The number of carbonyl (C=O) groups is 1. The molecule has 6 heteroatoms. The zero-order valence-electron chi connectivity index (χ0n) is 12.0. The van der Waals surface area contributed by atoms with Crippen LogP contribution in [0.15, 0.2) is 29.2 Å². The summed E-state index contributed by atoms with van der Waals surface area (Å²) in [4.78, 5) is 11.6. The Hall–Kier alpha value is -1.56. The molecule has 0 aliphatic rings. The van der Waals surface area contributed by atoms with Crippen LogP contribution in [-0.4, -0.2) is 32.3 Å². The normalized spacial score (nSPS) is 12.2. The van der Waals surface area contributed by atoms with Crippen LogP contribution >= 0.6 is 0 Å². The second-order valence-electron chi connectivity index (χ2n) is 4.94. The Balaban J connectivity index is 2.82. The Kier molecular flexibility index (Phi) is 5.16. The highest BCUT2D eigenvalue weighted by Gasteiger charge is 2.34. The molecule has 20 heavy (non-hydrogen) atoms. The van der Waals surface area contributed by atoms with E-state index in [1.807, 2.05) is 13.8 Å². The van der Waals surface area contributed by atoms with E-state index in [0.717, 1.165) is 6.26 Å². The number of sulfone groups is 1. The van der Waals surface area contributed by atoms with Crippen LogP contribution in [0.3, 0.4) is 0 Å². The van der Waals surface area contributed by atoms with Gasteiger partial charge in [-0.25, -0.2) is 8.42 Å². The fraction of sp³-hybridized carbons (Fsp3) is 0.500. The molecule has 0 saturated carbocycles. The number of aliphatic carboxylic acids is 1. The average Bonchev–Trinajstić information content (AvgIpc) is 2.39. The Morgan fingerprint density at radius 2 is 1.70 bits per heavy atom. The van der Waals surface area contributed by atoms with E-state index >= 15 is 0 Å². The summed E-state index contributed by atoms with van der Waals surface area (Å²) in [6, 6.07) is 6.32. The zero-order chi connectivity index (χ0) is 15.4. The van der Waals surface area contributed by atoms with Gasteiger partial charge < -0.3 is 10.4 Å². The molecular weight excluding hydrogens is 278 g/mol. The molecule has 0 heterocycles. The lowest BCUT2D eigenvalue weighted by molar-refractivity contribution is -0.148. The van der Waals surface area contributed by atoms with E-state index in [4.69, 9.17) is 0 Å². The Morgan fingerprint density at radius 1 is 1.20 bits per heavy atom. The highest BCUT2D eigenvalue weighted by molar-refractivity contribution is 7.90. The van der Waals surface area contributed by atoms with Gasteiger partial charge in [0.1, 0.15) is 0 Å². The van der Waals surface area contributed by atoms with Crippen LogP contribution in [0.25, 0.3) is 0 Å². The first-order chi connectivity index (χ1) is 9.25. The smallest absolute Gasteiger partial charge is 0.311 e. The molecule has 0 aromatic heterocycles. The van der Waals surface area contributed by atoms with E-state index < -0.39 is 21.2 Å². The lowest BCUT2D eigenvalue weighted by Crippen LogP contribution is -2.36. The number of anilines is 1. The van der Waals surface area contributed by atoms with Gasteiger partial charge in [0.05, 0.1) is 10.3 Å². The standard InChI is InChI=1S/C14H21NO4S/c1-4-14(5-2,13(16)17)10-15-11-6-8-12(9-7-11)20(3,18)19/h6-9,15H,4-5,10H2,1-3H3,(H,16,17). The lowest BCUT2D eigenvalue weighted by Gasteiger charge is -2.27.